The zero-order valence-corrected chi connectivity index (χ0v) is 11.6. The van der Waals surface area contributed by atoms with Crippen LogP contribution in [0.3, 0.4) is 0 Å². The molecule has 0 unspecified atom stereocenters. The van der Waals surface area contributed by atoms with Gasteiger partial charge in [0.1, 0.15) is 12.0 Å². The zero-order chi connectivity index (χ0) is 14.8. The fourth-order valence-electron chi connectivity index (χ4n) is 2.46. The molecule has 2 aromatic heterocycles. The van der Waals surface area contributed by atoms with E-state index in [1.54, 1.807) is 12.5 Å². The molecule has 0 aliphatic heterocycles. The number of nitrogens with zero attached hydrogens (tertiary/aromatic N) is 2. The van der Waals surface area contributed by atoms with Crippen LogP contribution in [0, 0.1) is 0 Å². The summed E-state index contributed by atoms with van der Waals surface area (Å²) in [6.07, 6.45) is 3.32. The summed E-state index contributed by atoms with van der Waals surface area (Å²) in [4.78, 5) is 0. The second-order valence-corrected chi connectivity index (χ2v) is 4.88. The van der Waals surface area contributed by atoms with Gasteiger partial charge in [0.05, 0.1) is 17.3 Å². The first-order valence-electron chi connectivity index (χ1n) is 6.94. The molecule has 0 N–H and O–H groups in total. The van der Waals surface area contributed by atoms with Crippen LogP contribution in [-0.4, -0.2) is 10.3 Å². The van der Waals surface area contributed by atoms with Crippen molar-refractivity contribution in [3.63, 3.8) is 0 Å². The van der Waals surface area contributed by atoms with E-state index in [1.807, 2.05) is 60.7 Å². The predicted molar refractivity (Wildman–Crippen MR) is 82.9 cm³/mol. The topological polar surface area (TPSA) is 52.1 Å². The van der Waals surface area contributed by atoms with Crippen molar-refractivity contribution < 1.29 is 9.05 Å². The maximum Gasteiger partial charge on any atom is 0.174 e. The molecule has 2 heterocycles. The molecule has 22 heavy (non-hydrogen) atoms. The van der Waals surface area contributed by atoms with E-state index >= 15 is 0 Å². The molecule has 4 heteroatoms. The molecule has 0 fully saturated rings. The smallest absolute Gasteiger partial charge is 0.174 e. The quantitative estimate of drug-likeness (QED) is 0.550. The van der Waals surface area contributed by atoms with Crippen LogP contribution in [0.15, 0.2) is 82.2 Å². The number of rotatable bonds is 3. The fraction of sp³-hybridized carbons (Fsp3) is 0. The molecule has 106 valence electrons. The van der Waals surface area contributed by atoms with E-state index in [0.29, 0.717) is 5.76 Å². The van der Waals surface area contributed by atoms with Crippen molar-refractivity contribution >= 4 is 0 Å². The molecular weight excluding hydrogens is 276 g/mol. The molecule has 0 aliphatic rings. The van der Waals surface area contributed by atoms with E-state index in [4.69, 9.17) is 9.05 Å². The summed E-state index contributed by atoms with van der Waals surface area (Å²) in [6, 6.07) is 19.8. The minimum absolute atomic E-state index is 0.709. The molecule has 0 spiro atoms. The highest BCUT2D eigenvalue weighted by Gasteiger charge is 2.19. The standard InChI is InChI=1S/C18H12N2O2/c1-3-7-13(8-4-1)17-16(12-21-20-17)15-11-19-22-18(15)14-9-5-2-6-10-14/h1-12H. The Morgan fingerprint density at radius 2 is 1.41 bits per heavy atom. The second kappa shape index (κ2) is 5.33. The summed E-state index contributed by atoms with van der Waals surface area (Å²) in [5.41, 5.74) is 4.47. The van der Waals surface area contributed by atoms with Gasteiger partial charge >= 0.3 is 0 Å². The molecule has 0 bridgehead atoms. The van der Waals surface area contributed by atoms with Crippen molar-refractivity contribution in [2.24, 2.45) is 0 Å². The first-order valence-corrected chi connectivity index (χ1v) is 6.94. The van der Waals surface area contributed by atoms with Crippen molar-refractivity contribution in [1.29, 1.82) is 0 Å². The highest BCUT2D eigenvalue weighted by molar-refractivity contribution is 5.86. The Balaban J connectivity index is 1.86. The summed E-state index contributed by atoms with van der Waals surface area (Å²) >= 11 is 0. The molecule has 0 aliphatic carbocycles. The Hall–Kier alpha value is -3.14. The third kappa shape index (κ3) is 2.11. The number of aromatic nitrogens is 2. The largest absolute Gasteiger partial charge is 0.363 e. The van der Waals surface area contributed by atoms with Crippen LogP contribution >= 0.6 is 0 Å². The maximum atomic E-state index is 5.45. The SMILES string of the molecule is c1ccc(-c2nocc2-c2cnoc2-c2ccccc2)cc1. The summed E-state index contributed by atoms with van der Waals surface area (Å²) < 4.78 is 10.6. The average Bonchev–Trinajstić information content (AvgIpc) is 3.25. The van der Waals surface area contributed by atoms with Gasteiger partial charge in [-0.1, -0.05) is 71.0 Å². The van der Waals surface area contributed by atoms with E-state index in [9.17, 15) is 0 Å². The van der Waals surface area contributed by atoms with E-state index in [0.717, 1.165) is 27.9 Å². The van der Waals surface area contributed by atoms with Crippen molar-refractivity contribution in [2.75, 3.05) is 0 Å². The van der Waals surface area contributed by atoms with Crippen LogP contribution in [0.4, 0.5) is 0 Å². The predicted octanol–water partition coefficient (Wildman–Crippen LogP) is 4.66. The van der Waals surface area contributed by atoms with Crippen molar-refractivity contribution in [3.05, 3.63) is 73.1 Å². The summed E-state index contributed by atoms with van der Waals surface area (Å²) in [7, 11) is 0. The van der Waals surface area contributed by atoms with Gasteiger partial charge in [-0.05, 0) is 0 Å². The molecule has 0 saturated carbocycles. The molecule has 0 saturated heterocycles. The van der Waals surface area contributed by atoms with E-state index in [-0.39, 0.29) is 0 Å². The monoisotopic (exact) mass is 288 g/mol. The van der Waals surface area contributed by atoms with Gasteiger partial charge < -0.3 is 9.05 Å². The molecule has 2 aromatic carbocycles. The Morgan fingerprint density at radius 1 is 0.727 bits per heavy atom. The summed E-state index contributed by atoms with van der Waals surface area (Å²) in [6.45, 7) is 0. The summed E-state index contributed by atoms with van der Waals surface area (Å²) in [5.74, 6) is 0.709. The van der Waals surface area contributed by atoms with Gasteiger partial charge in [0.15, 0.2) is 5.76 Å². The first kappa shape index (κ1) is 12.6. The van der Waals surface area contributed by atoms with Crippen molar-refractivity contribution in [1.82, 2.24) is 10.3 Å². The lowest BCUT2D eigenvalue weighted by Crippen LogP contribution is -1.83. The van der Waals surface area contributed by atoms with Crippen LogP contribution in [0.25, 0.3) is 33.7 Å². The van der Waals surface area contributed by atoms with Crippen LogP contribution in [0.1, 0.15) is 0 Å². The lowest BCUT2D eigenvalue weighted by atomic mass is 10.00. The van der Waals surface area contributed by atoms with Gasteiger partial charge in [0.25, 0.3) is 0 Å². The Kier molecular flexibility index (Phi) is 3.05. The first-order chi connectivity index (χ1) is 10.9. The number of hydrogen-bond donors (Lipinski definition) is 0. The van der Waals surface area contributed by atoms with Crippen molar-refractivity contribution in [2.45, 2.75) is 0 Å². The fourth-order valence-corrected chi connectivity index (χ4v) is 2.46. The molecule has 4 rings (SSSR count). The van der Waals surface area contributed by atoms with E-state index in [2.05, 4.69) is 10.3 Å². The summed E-state index contributed by atoms with van der Waals surface area (Å²) in [5, 5.41) is 8.08. The molecule has 4 aromatic rings. The molecule has 0 atom stereocenters. The normalized spacial score (nSPS) is 10.7. The highest BCUT2D eigenvalue weighted by atomic mass is 16.5. The molecular formula is C18H12N2O2. The van der Waals surface area contributed by atoms with E-state index < -0.39 is 0 Å². The third-order valence-corrected chi connectivity index (χ3v) is 3.51. The van der Waals surface area contributed by atoms with Crippen LogP contribution in [0.5, 0.6) is 0 Å². The molecule has 0 amide bonds. The number of hydrogen-bond acceptors (Lipinski definition) is 4. The van der Waals surface area contributed by atoms with Gasteiger partial charge in [-0.25, -0.2) is 0 Å². The van der Waals surface area contributed by atoms with Gasteiger partial charge in [0.2, 0.25) is 0 Å². The van der Waals surface area contributed by atoms with Gasteiger partial charge in [-0.15, -0.1) is 0 Å². The number of benzene rings is 2. The average molecular weight is 288 g/mol. The Bertz CT molecular complexity index is 804. The second-order valence-electron chi connectivity index (χ2n) is 4.88. The van der Waals surface area contributed by atoms with Crippen LogP contribution in [-0.2, 0) is 0 Å². The zero-order valence-electron chi connectivity index (χ0n) is 11.6. The highest BCUT2D eigenvalue weighted by Crippen LogP contribution is 2.37. The third-order valence-electron chi connectivity index (χ3n) is 3.51. The van der Waals surface area contributed by atoms with Crippen LogP contribution in [0.2, 0.25) is 0 Å². The maximum absolute atomic E-state index is 5.45. The lowest BCUT2D eigenvalue weighted by molar-refractivity contribution is 0.422. The van der Waals surface area contributed by atoms with Gasteiger partial charge in [-0.3, -0.25) is 0 Å². The molecule has 4 nitrogen and oxygen atoms in total. The van der Waals surface area contributed by atoms with Crippen LogP contribution < -0.4 is 0 Å². The van der Waals surface area contributed by atoms with Gasteiger partial charge in [0, 0.05) is 11.1 Å². The minimum atomic E-state index is 0.709. The molecule has 0 radical (unpaired) electrons. The van der Waals surface area contributed by atoms with Gasteiger partial charge in [-0.2, -0.15) is 0 Å². The minimum Gasteiger partial charge on any atom is -0.363 e. The Morgan fingerprint density at radius 3 is 2.14 bits per heavy atom. The lowest BCUT2D eigenvalue weighted by Gasteiger charge is -2.01. The van der Waals surface area contributed by atoms with E-state index in [1.165, 1.54) is 0 Å². The van der Waals surface area contributed by atoms with Crippen molar-refractivity contribution in [3.8, 4) is 33.7 Å². The Labute approximate surface area is 127 Å².